The Bertz CT molecular complexity index is 1040. The minimum Gasteiger partial charge on any atom is -0.275 e. The van der Waals surface area contributed by atoms with Gasteiger partial charge in [-0.2, -0.15) is 13.2 Å². The second kappa shape index (κ2) is 6.72. The first kappa shape index (κ1) is 17.0. The smallest absolute Gasteiger partial charge is 0.275 e. The van der Waals surface area contributed by atoms with Gasteiger partial charge in [-0.3, -0.25) is 4.57 Å². The summed E-state index contributed by atoms with van der Waals surface area (Å²) < 4.78 is 40.4. The molecular formula is C21H14F3N3. The van der Waals surface area contributed by atoms with Crippen LogP contribution in [0.4, 0.5) is 13.2 Å². The molecule has 4 rings (SSSR count). The van der Waals surface area contributed by atoms with Crippen molar-refractivity contribution < 1.29 is 13.2 Å². The molecule has 0 atom stereocenters. The zero-order chi connectivity index (χ0) is 18.9. The lowest BCUT2D eigenvalue weighted by Crippen LogP contribution is -2.05. The molecule has 4 aromatic rings. The average molecular weight is 365 g/mol. The van der Waals surface area contributed by atoms with Gasteiger partial charge < -0.3 is 0 Å². The number of alkyl halides is 3. The molecule has 1 heterocycles. The first-order valence-corrected chi connectivity index (χ1v) is 8.28. The van der Waals surface area contributed by atoms with Gasteiger partial charge in [-0.05, 0) is 24.3 Å². The fourth-order valence-electron chi connectivity index (χ4n) is 2.88. The van der Waals surface area contributed by atoms with Crippen LogP contribution in [0.25, 0.3) is 28.5 Å². The van der Waals surface area contributed by atoms with Crippen LogP contribution >= 0.6 is 0 Å². The highest BCUT2D eigenvalue weighted by atomic mass is 19.4. The second-order valence-corrected chi connectivity index (χ2v) is 5.96. The van der Waals surface area contributed by atoms with Crippen molar-refractivity contribution in [3.05, 3.63) is 90.5 Å². The van der Waals surface area contributed by atoms with E-state index in [-0.39, 0.29) is 0 Å². The van der Waals surface area contributed by atoms with Gasteiger partial charge in [-0.1, -0.05) is 60.7 Å². The summed E-state index contributed by atoms with van der Waals surface area (Å²) in [5.74, 6) is 1.10. The van der Waals surface area contributed by atoms with Gasteiger partial charge in [0, 0.05) is 16.8 Å². The lowest BCUT2D eigenvalue weighted by molar-refractivity contribution is -0.137. The van der Waals surface area contributed by atoms with E-state index in [1.54, 1.807) is 0 Å². The first-order valence-electron chi connectivity index (χ1n) is 8.28. The van der Waals surface area contributed by atoms with Crippen LogP contribution in [-0.2, 0) is 6.18 Å². The third-order valence-corrected chi connectivity index (χ3v) is 4.18. The zero-order valence-corrected chi connectivity index (χ0v) is 14.1. The van der Waals surface area contributed by atoms with E-state index >= 15 is 0 Å². The van der Waals surface area contributed by atoms with Crippen LogP contribution in [0, 0.1) is 0 Å². The summed E-state index contributed by atoms with van der Waals surface area (Å²) in [4.78, 5) is 0. The Morgan fingerprint density at radius 2 is 1.07 bits per heavy atom. The molecule has 3 nitrogen and oxygen atoms in total. The maximum absolute atomic E-state index is 12.9. The van der Waals surface area contributed by atoms with Crippen LogP contribution in [0.2, 0.25) is 0 Å². The van der Waals surface area contributed by atoms with Crippen molar-refractivity contribution in [3.8, 4) is 28.5 Å². The number of benzene rings is 3. The maximum atomic E-state index is 12.9. The van der Waals surface area contributed by atoms with E-state index in [1.165, 1.54) is 12.1 Å². The summed E-state index contributed by atoms with van der Waals surface area (Å²) >= 11 is 0. The molecule has 6 heteroatoms. The summed E-state index contributed by atoms with van der Waals surface area (Å²) in [5, 5.41) is 8.56. The Hall–Kier alpha value is -3.41. The predicted octanol–water partition coefficient (Wildman–Crippen LogP) is 5.62. The molecule has 0 radical (unpaired) electrons. The average Bonchev–Trinajstić information content (AvgIpc) is 3.14. The number of hydrogen-bond acceptors (Lipinski definition) is 2. The van der Waals surface area contributed by atoms with E-state index in [0.29, 0.717) is 17.2 Å². The molecular weight excluding hydrogens is 351 g/mol. The normalized spacial score (nSPS) is 11.5. The van der Waals surface area contributed by atoms with Crippen molar-refractivity contribution >= 4 is 0 Å². The molecule has 0 saturated heterocycles. The van der Waals surface area contributed by atoms with Gasteiger partial charge in [-0.15, -0.1) is 10.2 Å². The van der Waals surface area contributed by atoms with Crippen LogP contribution in [0.3, 0.4) is 0 Å². The van der Waals surface area contributed by atoms with Crippen LogP contribution in [0.15, 0.2) is 84.9 Å². The number of hydrogen-bond donors (Lipinski definition) is 0. The van der Waals surface area contributed by atoms with Crippen molar-refractivity contribution in [2.45, 2.75) is 6.18 Å². The third-order valence-electron chi connectivity index (χ3n) is 4.18. The molecule has 0 spiro atoms. The number of rotatable bonds is 3. The maximum Gasteiger partial charge on any atom is 0.416 e. The summed E-state index contributed by atoms with van der Waals surface area (Å²) in [5.41, 5.74) is 1.56. The fourth-order valence-corrected chi connectivity index (χ4v) is 2.88. The van der Waals surface area contributed by atoms with Crippen LogP contribution in [0.1, 0.15) is 5.56 Å². The van der Waals surface area contributed by atoms with E-state index in [2.05, 4.69) is 10.2 Å². The number of nitrogens with zero attached hydrogens (tertiary/aromatic N) is 3. The Kier molecular flexibility index (Phi) is 4.24. The molecule has 0 unspecified atom stereocenters. The highest BCUT2D eigenvalue weighted by molar-refractivity contribution is 5.66. The molecule has 0 aliphatic carbocycles. The summed E-state index contributed by atoms with van der Waals surface area (Å²) in [6, 6.07) is 24.0. The van der Waals surface area contributed by atoms with E-state index in [9.17, 15) is 13.2 Å². The monoisotopic (exact) mass is 365 g/mol. The molecule has 0 fully saturated rings. The van der Waals surface area contributed by atoms with Gasteiger partial charge in [0.2, 0.25) is 0 Å². The molecule has 0 N–H and O–H groups in total. The van der Waals surface area contributed by atoms with E-state index < -0.39 is 11.7 Å². The van der Waals surface area contributed by atoms with Crippen LogP contribution in [0.5, 0.6) is 0 Å². The SMILES string of the molecule is FC(F)(F)c1ccc(-c2nnc(-c3ccccc3)n2-c2ccccc2)cc1. The third kappa shape index (κ3) is 3.33. The molecule has 27 heavy (non-hydrogen) atoms. The molecule has 0 amide bonds. The van der Waals surface area contributed by atoms with E-state index in [1.807, 2.05) is 65.2 Å². The van der Waals surface area contributed by atoms with Gasteiger partial charge in [0.15, 0.2) is 11.6 Å². The minimum absolute atomic E-state index is 0.480. The highest BCUT2D eigenvalue weighted by Gasteiger charge is 2.30. The lowest BCUT2D eigenvalue weighted by Gasteiger charge is -2.11. The first-order chi connectivity index (χ1) is 13.0. The molecule has 3 aromatic carbocycles. The molecule has 0 bridgehead atoms. The fraction of sp³-hybridized carbons (Fsp3) is 0.0476. The van der Waals surface area contributed by atoms with Crippen molar-refractivity contribution in [1.82, 2.24) is 14.8 Å². The van der Waals surface area contributed by atoms with Crippen LogP contribution in [-0.4, -0.2) is 14.8 Å². The Morgan fingerprint density at radius 1 is 0.593 bits per heavy atom. The Labute approximate surface area is 153 Å². The van der Waals surface area contributed by atoms with Gasteiger partial charge in [0.25, 0.3) is 0 Å². The minimum atomic E-state index is -4.37. The molecule has 0 aliphatic heterocycles. The molecule has 1 aromatic heterocycles. The summed E-state index contributed by atoms with van der Waals surface area (Å²) in [6.07, 6.45) is -4.37. The van der Waals surface area contributed by atoms with Crippen molar-refractivity contribution in [1.29, 1.82) is 0 Å². The molecule has 134 valence electrons. The van der Waals surface area contributed by atoms with E-state index in [0.717, 1.165) is 23.4 Å². The summed E-state index contributed by atoms with van der Waals surface area (Å²) in [7, 11) is 0. The predicted molar refractivity (Wildman–Crippen MR) is 97.2 cm³/mol. The van der Waals surface area contributed by atoms with Gasteiger partial charge in [0.1, 0.15) is 0 Å². The van der Waals surface area contributed by atoms with E-state index in [4.69, 9.17) is 0 Å². The topological polar surface area (TPSA) is 30.7 Å². The van der Waals surface area contributed by atoms with Gasteiger partial charge in [0.05, 0.1) is 5.56 Å². The number of aromatic nitrogens is 3. The second-order valence-electron chi connectivity index (χ2n) is 5.96. The van der Waals surface area contributed by atoms with Gasteiger partial charge in [-0.25, -0.2) is 0 Å². The zero-order valence-electron chi connectivity index (χ0n) is 14.1. The highest BCUT2D eigenvalue weighted by Crippen LogP contribution is 2.32. The molecule has 0 aliphatic rings. The van der Waals surface area contributed by atoms with Crippen molar-refractivity contribution in [3.63, 3.8) is 0 Å². The quantitative estimate of drug-likeness (QED) is 0.472. The lowest BCUT2D eigenvalue weighted by atomic mass is 10.1. The Morgan fingerprint density at radius 3 is 1.59 bits per heavy atom. The molecule has 0 saturated carbocycles. The Balaban J connectivity index is 1.88. The van der Waals surface area contributed by atoms with Gasteiger partial charge >= 0.3 is 6.18 Å². The standard InChI is InChI=1S/C21H14F3N3/c22-21(23,24)17-13-11-16(12-14-17)20-26-25-19(15-7-3-1-4-8-15)27(20)18-9-5-2-6-10-18/h1-14H. The van der Waals surface area contributed by atoms with Crippen molar-refractivity contribution in [2.75, 3.05) is 0 Å². The number of halogens is 3. The summed E-state index contributed by atoms with van der Waals surface area (Å²) in [6.45, 7) is 0. The van der Waals surface area contributed by atoms with Crippen molar-refractivity contribution in [2.24, 2.45) is 0 Å². The number of para-hydroxylation sites is 1. The van der Waals surface area contributed by atoms with Crippen LogP contribution < -0.4 is 0 Å². The largest absolute Gasteiger partial charge is 0.416 e.